The number of fused-ring (bicyclic) bond motifs is 1. The Hall–Kier alpha value is -3.62. The number of nitrogens with zero attached hydrogens (tertiary/aromatic N) is 1. The van der Waals surface area contributed by atoms with Gasteiger partial charge in [-0.25, -0.2) is 4.79 Å². The van der Waals surface area contributed by atoms with Crippen molar-refractivity contribution in [3.8, 4) is 0 Å². The van der Waals surface area contributed by atoms with Gasteiger partial charge in [0.15, 0.2) is 5.58 Å². The number of nitrogens with one attached hydrogen (secondary N) is 3. The van der Waals surface area contributed by atoms with Crippen LogP contribution in [0.1, 0.15) is 12.8 Å². The van der Waals surface area contributed by atoms with Crippen LogP contribution in [0.3, 0.4) is 0 Å². The van der Waals surface area contributed by atoms with E-state index in [4.69, 9.17) is 4.42 Å². The van der Waals surface area contributed by atoms with Crippen LogP contribution in [0.4, 0.5) is 17.1 Å². The summed E-state index contributed by atoms with van der Waals surface area (Å²) in [6, 6.07) is 11.0. The molecule has 3 aromatic rings. The number of benzene rings is 2. The quantitative estimate of drug-likeness (QED) is 0.339. The summed E-state index contributed by atoms with van der Waals surface area (Å²) in [6.45, 7) is 0.555. The fraction of sp³-hybridized carbons (Fsp3) is 0.176. The second-order valence-electron chi connectivity index (χ2n) is 5.61. The first-order valence-electron chi connectivity index (χ1n) is 7.92. The fourth-order valence-corrected chi connectivity index (χ4v) is 2.44. The molecule has 0 unspecified atom stereocenters. The van der Waals surface area contributed by atoms with Crippen molar-refractivity contribution in [2.45, 2.75) is 12.8 Å². The van der Waals surface area contributed by atoms with E-state index < -0.39 is 10.7 Å². The van der Waals surface area contributed by atoms with Crippen molar-refractivity contribution in [1.82, 2.24) is 4.98 Å². The van der Waals surface area contributed by atoms with E-state index in [9.17, 15) is 19.7 Å². The first-order chi connectivity index (χ1) is 12.5. The molecule has 1 amide bonds. The SMILES string of the molecule is O=C(CCCNc1ccc([N+](=O)[O-])cc1)Nc1ccc2oc(=O)[nH]c2c1. The number of nitro benzene ring substituents is 1. The highest BCUT2D eigenvalue weighted by Gasteiger charge is 2.06. The van der Waals surface area contributed by atoms with Crippen LogP contribution in [0, 0.1) is 10.1 Å². The van der Waals surface area contributed by atoms with Gasteiger partial charge in [-0.1, -0.05) is 0 Å². The van der Waals surface area contributed by atoms with Crippen molar-refractivity contribution in [1.29, 1.82) is 0 Å². The number of non-ortho nitro benzene ring substituents is 1. The average Bonchev–Trinajstić information content (AvgIpc) is 2.98. The molecule has 0 fully saturated rings. The average molecular weight is 356 g/mol. The monoisotopic (exact) mass is 356 g/mol. The lowest BCUT2D eigenvalue weighted by Gasteiger charge is -2.07. The molecule has 3 N–H and O–H groups in total. The van der Waals surface area contributed by atoms with Gasteiger partial charge < -0.3 is 15.1 Å². The zero-order valence-electron chi connectivity index (χ0n) is 13.7. The van der Waals surface area contributed by atoms with Crippen LogP contribution in [0.5, 0.6) is 0 Å². The Labute approximate surface area is 147 Å². The fourth-order valence-electron chi connectivity index (χ4n) is 2.44. The van der Waals surface area contributed by atoms with E-state index in [0.29, 0.717) is 36.2 Å². The number of rotatable bonds is 7. The Bertz CT molecular complexity index is 990. The van der Waals surface area contributed by atoms with Gasteiger partial charge in [0.05, 0.1) is 10.4 Å². The number of amides is 1. The van der Waals surface area contributed by atoms with Crippen molar-refractivity contribution >= 4 is 34.1 Å². The first kappa shape index (κ1) is 17.2. The second-order valence-corrected chi connectivity index (χ2v) is 5.61. The number of carbonyl (C=O) groups is 1. The molecule has 0 saturated heterocycles. The van der Waals surface area contributed by atoms with Gasteiger partial charge in [0.2, 0.25) is 5.91 Å². The van der Waals surface area contributed by atoms with Gasteiger partial charge in [0.1, 0.15) is 0 Å². The molecule has 0 aliphatic carbocycles. The Balaban J connectivity index is 1.44. The summed E-state index contributed by atoms with van der Waals surface area (Å²) in [5.41, 5.74) is 2.31. The van der Waals surface area contributed by atoms with Crippen LogP contribution >= 0.6 is 0 Å². The van der Waals surface area contributed by atoms with Crippen LogP contribution in [0.2, 0.25) is 0 Å². The molecule has 0 aliphatic rings. The standard InChI is InChI=1S/C17H16N4O5/c22-16(19-12-5-8-15-14(10-12)20-17(23)26-15)2-1-9-18-11-3-6-13(7-4-11)21(24)25/h3-8,10,18H,1-2,9H2,(H,19,22)(H,20,23). The summed E-state index contributed by atoms with van der Waals surface area (Å²) in [5.74, 6) is -0.693. The van der Waals surface area contributed by atoms with Crippen LogP contribution in [-0.4, -0.2) is 22.4 Å². The van der Waals surface area contributed by atoms with E-state index in [1.807, 2.05) is 0 Å². The molecule has 2 aromatic carbocycles. The molecule has 1 aromatic heterocycles. The molecule has 0 saturated carbocycles. The number of aromatic amines is 1. The van der Waals surface area contributed by atoms with Crippen LogP contribution in [0.25, 0.3) is 11.1 Å². The number of hydrogen-bond donors (Lipinski definition) is 3. The summed E-state index contributed by atoms with van der Waals surface area (Å²) in [5, 5.41) is 16.4. The Morgan fingerprint density at radius 1 is 1.15 bits per heavy atom. The zero-order valence-corrected chi connectivity index (χ0v) is 13.7. The highest BCUT2D eigenvalue weighted by Crippen LogP contribution is 2.17. The van der Waals surface area contributed by atoms with E-state index >= 15 is 0 Å². The van der Waals surface area contributed by atoms with Crippen molar-refractivity contribution in [2.24, 2.45) is 0 Å². The third-order valence-electron chi connectivity index (χ3n) is 3.69. The topological polar surface area (TPSA) is 130 Å². The lowest BCUT2D eigenvalue weighted by molar-refractivity contribution is -0.384. The molecule has 9 heteroatoms. The highest BCUT2D eigenvalue weighted by molar-refractivity contribution is 5.92. The Morgan fingerprint density at radius 2 is 1.88 bits per heavy atom. The van der Waals surface area contributed by atoms with Gasteiger partial charge in [-0.15, -0.1) is 0 Å². The summed E-state index contributed by atoms with van der Waals surface area (Å²) < 4.78 is 4.90. The number of oxazole rings is 1. The molecular weight excluding hydrogens is 340 g/mol. The number of aromatic nitrogens is 1. The van der Waals surface area contributed by atoms with Crippen LogP contribution in [-0.2, 0) is 4.79 Å². The summed E-state index contributed by atoms with van der Waals surface area (Å²) in [7, 11) is 0. The van der Waals surface area contributed by atoms with Gasteiger partial charge in [0.25, 0.3) is 5.69 Å². The minimum atomic E-state index is -0.541. The summed E-state index contributed by atoms with van der Waals surface area (Å²) in [6.07, 6.45) is 0.896. The smallest absolute Gasteiger partial charge is 0.408 e. The number of H-pyrrole nitrogens is 1. The summed E-state index contributed by atoms with van der Waals surface area (Å²) in [4.78, 5) is 35.8. The maximum atomic E-state index is 12.0. The maximum absolute atomic E-state index is 12.0. The number of hydrogen-bond acceptors (Lipinski definition) is 6. The second kappa shape index (κ2) is 7.51. The molecule has 0 aliphatic heterocycles. The zero-order chi connectivity index (χ0) is 18.5. The number of anilines is 2. The summed E-state index contributed by atoms with van der Waals surface area (Å²) >= 11 is 0. The van der Waals surface area contributed by atoms with Gasteiger partial charge >= 0.3 is 5.76 Å². The van der Waals surface area contributed by atoms with E-state index in [1.165, 1.54) is 12.1 Å². The van der Waals surface area contributed by atoms with Gasteiger partial charge in [-0.05, 0) is 36.8 Å². The highest BCUT2D eigenvalue weighted by atomic mass is 16.6. The molecule has 0 radical (unpaired) electrons. The largest absolute Gasteiger partial charge is 0.417 e. The van der Waals surface area contributed by atoms with E-state index in [0.717, 1.165) is 5.69 Å². The number of nitro groups is 1. The van der Waals surface area contributed by atoms with Crippen LogP contribution < -0.4 is 16.4 Å². The molecule has 0 bridgehead atoms. The Kier molecular flexibility index (Phi) is 4.97. The third-order valence-corrected chi connectivity index (χ3v) is 3.69. The van der Waals surface area contributed by atoms with Crippen molar-refractivity contribution in [2.75, 3.05) is 17.2 Å². The van der Waals surface area contributed by atoms with E-state index in [2.05, 4.69) is 15.6 Å². The number of carbonyl (C=O) groups excluding carboxylic acids is 1. The lowest BCUT2D eigenvalue weighted by atomic mass is 10.2. The van der Waals surface area contributed by atoms with Crippen molar-refractivity contribution < 1.29 is 14.1 Å². The van der Waals surface area contributed by atoms with Gasteiger partial charge in [-0.2, -0.15) is 0 Å². The molecule has 0 atom stereocenters. The van der Waals surface area contributed by atoms with Gasteiger partial charge in [0, 0.05) is 36.5 Å². The first-order valence-corrected chi connectivity index (χ1v) is 7.92. The molecule has 26 heavy (non-hydrogen) atoms. The van der Waals surface area contributed by atoms with Crippen molar-refractivity contribution in [3.63, 3.8) is 0 Å². The van der Waals surface area contributed by atoms with Crippen LogP contribution in [0.15, 0.2) is 51.7 Å². The molecule has 0 spiro atoms. The molecule has 1 heterocycles. The molecule has 3 rings (SSSR count). The predicted octanol–water partition coefficient (Wildman–Crippen LogP) is 2.86. The molecular formula is C17H16N4O5. The third kappa shape index (κ3) is 4.26. The molecule has 9 nitrogen and oxygen atoms in total. The van der Waals surface area contributed by atoms with Crippen molar-refractivity contribution in [3.05, 3.63) is 63.1 Å². The maximum Gasteiger partial charge on any atom is 0.417 e. The molecule has 134 valence electrons. The predicted molar refractivity (Wildman–Crippen MR) is 96.3 cm³/mol. The lowest BCUT2D eigenvalue weighted by Crippen LogP contribution is -2.13. The minimum absolute atomic E-state index is 0.0332. The Morgan fingerprint density at radius 3 is 2.62 bits per heavy atom. The van der Waals surface area contributed by atoms with Gasteiger partial charge in [-0.3, -0.25) is 19.9 Å². The normalized spacial score (nSPS) is 10.6. The minimum Gasteiger partial charge on any atom is -0.408 e. The van der Waals surface area contributed by atoms with E-state index in [1.54, 1.807) is 30.3 Å². The van der Waals surface area contributed by atoms with E-state index in [-0.39, 0.29) is 11.6 Å².